The SMILES string of the molecule is N#Cc1c(N2CCCCC2)ccc2c1-c1cc3ccc4c(c3nc1CC2)N(c1ccc(-c2ccccc2)cc1)CC=C4. The Balaban J connectivity index is 1.24. The topological polar surface area (TPSA) is 43.2 Å². The van der Waals surface area contributed by atoms with Crippen molar-refractivity contribution in [2.75, 3.05) is 29.4 Å². The monoisotopic (exact) mass is 544 g/mol. The van der Waals surface area contributed by atoms with E-state index >= 15 is 0 Å². The lowest BCUT2D eigenvalue weighted by Crippen LogP contribution is -2.30. The smallest absolute Gasteiger partial charge is 0.102 e. The van der Waals surface area contributed by atoms with Gasteiger partial charge in [-0.05, 0) is 73.1 Å². The third-order valence-electron chi connectivity index (χ3n) is 9.19. The highest BCUT2D eigenvalue weighted by molar-refractivity contribution is 6.01. The first-order valence-corrected chi connectivity index (χ1v) is 15.2. The first-order valence-electron chi connectivity index (χ1n) is 15.2. The minimum absolute atomic E-state index is 0.802. The quantitative estimate of drug-likeness (QED) is 0.228. The van der Waals surface area contributed by atoms with Crippen molar-refractivity contribution in [3.63, 3.8) is 0 Å². The average Bonchev–Trinajstić information content (AvgIpc) is 3.07. The molecule has 0 spiro atoms. The number of nitrogens with zero attached hydrogens (tertiary/aromatic N) is 4. The number of piperidine rings is 1. The zero-order chi connectivity index (χ0) is 28.0. The summed E-state index contributed by atoms with van der Waals surface area (Å²) < 4.78 is 0. The van der Waals surface area contributed by atoms with Crippen molar-refractivity contribution in [1.29, 1.82) is 5.26 Å². The zero-order valence-electron chi connectivity index (χ0n) is 23.7. The van der Waals surface area contributed by atoms with Gasteiger partial charge in [0.15, 0.2) is 0 Å². The average molecular weight is 545 g/mol. The van der Waals surface area contributed by atoms with Crippen LogP contribution in [-0.4, -0.2) is 24.6 Å². The van der Waals surface area contributed by atoms with Gasteiger partial charge in [-0.3, -0.25) is 0 Å². The van der Waals surface area contributed by atoms with Crippen molar-refractivity contribution < 1.29 is 0 Å². The van der Waals surface area contributed by atoms with E-state index in [4.69, 9.17) is 4.98 Å². The van der Waals surface area contributed by atoms with E-state index in [9.17, 15) is 5.26 Å². The molecule has 4 aromatic carbocycles. The molecular weight excluding hydrogens is 512 g/mol. The van der Waals surface area contributed by atoms with Gasteiger partial charge in [-0.2, -0.15) is 5.26 Å². The van der Waals surface area contributed by atoms with Gasteiger partial charge in [0.1, 0.15) is 6.07 Å². The molecule has 1 aliphatic carbocycles. The Morgan fingerprint density at radius 1 is 0.786 bits per heavy atom. The van der Waals surface area contributed by atoms with Crippen molar-refractivity contribution >= 4 is 34.0 Å². The van der Waals surface area contributed by atoms with Gasteiger partial charge >= 0.3 is 0 Å². The van der Waals surface area contributed by atoms with Gasteiger partial charge in [0.05, 0.1) is 22.5 Å². The minimum Gasteiger partial charge on any atom is -0.370 e. The standard InChI is InChI=1S/C38H32N4/c39-25-33-35(41-21-5-2-6-22-41)20-16-28-15-19-34-32(36(28)33)24-30-12-11-29-10-7-23-42(38(29)37(30)40-34)31-17-13-27(14-18-31)26-8-3-1-4-9-26/h1,3-4,7-14,16-18,20,24H,2,5-6,15,19,21-23H2. The number of aromatic nitrogens is 1. The second kappa shape index (κ2) is 10.2. The number of pyridine rings is 1. The molecule has 1 aromatic heterocycles. The summed E-state index contributed by atoms with van der Waals surface area (Å²) in [5.41, 5.74) is 13.5. The van der Waals surface area contributed by atoms with Crippen molar-refractivity contribution in [2.45, 2.75) is 32.1 Å². The lowest BCUT2D eigenvalue weighted by atomic mass is 9.83. The van der Waals surface area contributed by atoms with Crippen LogP contribution in [0.2, 0.25) is 0 Å². The molecule has 1 fully saturated rings. The third kappa shape index (κ3) is 4.08. The van der Waals surface area contributed by atoms with Crippen LogP contribution < -0.4 is 9.80 Å². The van der Waals surface area contributed by atoms with Gasteiger partial charge in [-0.25, -0.2) is 4.98 Å². The molecule has 0 radical (unpaired) electrons. The summed E-state index contributed by atoms with van der Waals surface area (Å²) in [7, 11) is 0. The summed E-state index contributed by atoms with van der Waals surface area (Å²) >= 11 is 0. The van der Waals surface area contributed by atoms with E-state index in [0.29, 0.717) is 0 Å². The lowest BCUT2D eigenvalue weighted by Gasteiger charge is -2.32. The van der Waals surface area contributed by atoms with Crippen LogP contribution in [0.4, 0.5) is 17.1 Å². The summed E-state index contributed by atoms with van der Waals surface area (Å²) in [5, 5.41) is 11.6. The number of benzene rings is 4. The first kappa shape index (κ1) is 24.9. The normalized spacial score (nSPS) is 15.6. The lowest BCUT2D eigenvalue weighted by molar-refractivity contribution is 0.577. The van der Waals surface area contributed by atoms with Crippen molar-refractivity contribution in [2.24, 2.45) is 0 Å². The van der Waals surface area contributed by atoms with E-state index in [-0.39, 0.29) is 0 Å². The van der Waals surface area contributed by atoms with Crippen molar-refractivity contribution in [3.05, 3.63) is 113 Å². The molecule has 0 N–H and O–H groups in total. The number of nitriles is 1. The van der Waals surface area contributed by atoms with E-state index in [1.54, 1.807) is 0 Å². The van der Waals surface area contributed by atoms with Crippen molar-refractivity contribution in [3.8, 4) is 28.3 Å². The summed E-state index contributed by atoms with van der Waals surface area (Å²) in [5.74, 6) is 0. The van der Waals surface area contributed by atoms with Gasteiger partial charge in [0.2, 0.25) is 0 Å². The fourth-order valence-corrected chi connectivity index (χ4v) is 7.09. The highest BCUT2D eigenvalue weighted by atomic mass is 15.1. The molecule has 8 rings (SSSR count). The van der Waals surface area contributed by atoms with E-state index < -0.39 is 0 Å². The van der Waals surface area contributed by atoms with Gasteiger partial charge in [-0.15, -0.1) is 0 Å². The number of hydrogen-bond acceptors (Lipinski definition) is 4. The van der Waals surface area contributed by atoms with Crippen LogP contribution in [0, 0.1) is 11.3 Å². The van der Waals surface area contributed by atoms with E-state index in [0.717, 1.165) is 77.1 Å². The van der Waals surface area contributed by atoms with Crippen molar-refractivity contribution in [1.82, 2.24) is 4.98 Å². The number of aryl methyl sites for hydroxylation is 2. The van der Waals surface area contributed by atoms with Gasteiger partial charge in [-0.1, -0.05) is 72.8 Å². The molecule has 4 nitrogen and oxygen atoms in total. The summed E-state index contributed by atoms with van der Waals surface area (Å²) in [6, 6.07) is 33.2. The second-order valence-corrected chi connectivity index (χ2v) is 11.6. The first-order chi connectivity index (χ1) is 20.8. The maximum atomic E-state index is 10.4. The van der Waals surface area contributed by atoms with Crippen LogP contribution in [-0.2, 0) is 12.8 Å². The second-order valence-electron chi connectivity index (χ2n) is 11.6. The third-order valence-corrected chi connectivity index (χ3v) is 9.19. The predicted molar refractivity (Wildman–Crippen MR) is 173 cm³/mol. The Morgan fingerprint density at radius 2 is 1.60 bits per heavy atom. The Hall–Kier alpha value is -4.88. The molecule has 3 heterocycles. The molecule has 42 heavy (non-hydrogen) atoms. The Kier molecular flexibility index (Phi) is 6.04. The zero-order valence-corrected chi connectivity index (χ0v) is 23.7. The summed E-state index contributed by atoms with van der Waals surface area (Å²) in [6.07, 6.45) is 9.90. The molecule has 4 heteroatoms. The number of anilines is 3. The van der Waals surface area contributed by atoms with Crippen LogP contribution in [0.1, 0.15) is 41.6 Å². The molecule has 0 amide bonds. The van der Waals surface area contributed by atoms with Crippen LogP contribution in [0.15, 0.2) is 91.0 Å². The Morgan fingerprint density at radius 3 is 2.40 bits per heavy atom. The molecule has 2 aliphatic heterocycles. The maximum absolute atomic E-state index is 10.4. The molecule has 5 aromatic rings. The molecule has 0 bridgehead atoms. The predicted octanol–water partition coefficient (Wildman–Crippen LogP) is 8.69. The Bertz CT molecular complexity index is 1890. The van der Waals surface area contributed by atoms with Crippen LogP contribution in [0.3, 0.4) is 0 Å². The number of rotatable bonds is 3. The van der Waals surface area contributed by atoms with E-state index in [2.05, 4.69) is 113 Å². The van der Waals surface area contributed by atoms with Gasteiger partial charge in [0.25, 0.3) is 0 Å². The van der Waals surface area contributed by atoms with Gasteiger partial charge < -0.3 is 9.80 Å². The van der Waals surface area contributed by atoms with Crippen LogP contribution >= 0.6 is 0 Å². The molecular formula is C38H32N4. The van der Waals surface area contributed by atoms with Gasteiger partial charge in [0, 0.05) is 53.1 Å². The molecule has 0 atom stereocenters. The summed E-state index contributed by atoms with van der Waals surface area (Å²) in [6.45, 7) is 2.85. The molecule has 0 unspecified atom stereocenters. The highest BCUT2D eigenvalue weighted by Crippen LogP contribution is 2.44. The highest BCUT2D eigenvalue weighted by Gasteiger charge is 2.27. The Labute approximate surface area is 247 Å². The van der Waals surface area contributed by atoms with Crippen LogP contribution in [0.25, 0.3) is 39.2 Å². The molecule has 1 saturated heterocycles. The van der Waals surface area contributed by atoms with E-state index in [1.807, 2.05) is 0 Å². The fraction of sp³-hybridized carbons (Fsp3) is 0.211. The molecule has 0 saturated carbocycles. The van der Waals surface area contributed by atoms with E-state index in [1.165, 1.54) is 47.2 Å². The minimum atomic E-state index is 0.802. The number of hydrogen-bond donors (Lipinski definition) is 0. The maximum Gasteiger partial charge on any atom is 0.102 e. The fourth-order valence-electron chi connectivity index (χ4n) is 7.09. The molecule has 3 aliphatic rings. The largest absolute Gasteiger partial charge is 0.370 e. The van der Waals surface area contributed by atoms with Crippen LogP contribution in [0.5, 0.6) is 0 Å². The number of fused-ring (bicyclic) bond motifs is 6. The summed E-state index contributed by atoms with van der Waals surface area (Å²) in [4.78, 5) is 10.2. The molecule has 204 valence electrons.